The predicted octanol–water partition coefficient (Wildman–Crippen LogP) is 5.68. The van der Waals surface area contributed by atoms with Crippen molar-refractivity contribution in [2.45, 2.75) is 6.61 Å². The number of halogens is 3. The van der Waals surface area contributed by atoms with E-state index in [1.165, 1.54) is 29.2 Å². The van der Waals surface area contributed by atoms with Crippen molar-refractivity contribution in [1.82, 2.24) is 5.32 Å². The lowest BCUT2D eigenvalue weighted by Gasteiger charge is -2.13. The Morgan fingerprint density at radius 2 is 1.97 bits per heavy atom. The van der Waals surface area contributed by atoms with Crippen molar-refractivity contribution in [2.24, 2.45) is 0 Å². The standard InChI is InChI=1S/C21H13BrClFN2O3S/c22-12-1-8-19(17(23)9-12)28-11-16-7-6-15(29-16)10-18-20(27)26(21(30)25-18)14-4-2-13(24)3-5-14/h1-10H,11H2,(H,25,30)/b18-10+. The summed E-state index contributed by atoms with van der Waals surface area (Å²) in [5.74, 6) is 0.792. The van der Waals surface area contributed by atoms with Crippen LogP contribution in [0.3, 0.4) is 0 Å². The van der Waals surface area contributed by atoms with Gasteiger partial charge in [-0.2, -0.15) is 0 Å². The van der Waals surface area contributed by atoms with Gasteiger partial charge in [-0.1, -0.05) is 27.5 Å². The first-order valence-electron chi connectivity index (χ1n) is 8.70. The molecule has 1 aromatic heterocycles. The van der Waals surface area contributed by atoms with E-state index < -0.39 is 5.82 Å². The van der Waals surface area contributed by atoms with Crippen LogP contribution in [0.4, 0.5) is 10.1 Å². The van der Waals surface area contributed by atoms with E-state index in [1.807, 2.05) is 6.07 Å². The lowest BCUT2D eigenvalue weighted by Crippen LogP contribution is -2.30. The van der Waals surface area contributed by atoms with Gasteiger partial charge in [0.1, 0.15) is 35.4 Å². The molecule has 1 aliphatic rings. The molecule has 9 heteroatoms. The number of amides is 1. The van der Waals surface area contributed by atoms with Gasteiger partial charge in [0.2, 0.25) is 0 Å². The van der Waals surface area contributed by atoms with Gasteiger partial charge in [-0.15, -0.1) is 0 Å². The van der Waals surface area contributed by atoms with E-state index in [0.717, 1.165) is 4.47 Å². The van der Waals surface area contributed by atoms with Crippen LogP contribution in [0.2, 0.25) is 5.02 Å². The first kappa shape index (κ1) is 20.6. The molecule has 0 saturated carbocycles. The summed E-state index contributed by atoms with van der Waals surface area (Å²) in [5, 5.41) is 3.54. The van der Waals surface area contributed by atoms with Crippen LogP contribution in [-0.2, 0) is 11.4 Å². The van der Waals surface area contributed by atoms with Gasteiger partial charge in [-0.25, -0.2) is 4.39 Å². The van der Waals surface area contributed by atoms with Gasteiger partial charge in [-0.05, 0) is 66.8 Å². The first-order valence-corrected chi connectivity index (χ1v) is 10.3. The zero-order valence-corrected chi connectivity index (χ0v) is 18.4. The number of rotatable bonds is 5. The summed E-state index contributed by atoms with van der Waals surface area (Å²) in [5.41, 5.74) is 0.726. The first-order chi connectivity index (χ1) is 14.4. The van der Waals surface area contributed by atoms with E-state index >= 15 is 0 Å². The summed E-state index contributed by atoms with van der Waals surface area (Å²) in [7, 11) is 0. The van der Waals surface area contributed by atoms with Gasteiger partial charge in [0.15, 0.2) is 5.11 Å². The van der Waals surface area contributed by atoms with Crippen molar-refractivity contribution in [2.75, 3.05) is 4.90 Å². The quantitative estimate of drug-likeness (QED) is 0.356. The van der Waals surface area contributed by atoms with Crippen LogP contribution in [0.15, 0.2) is 69.2 Å². The molecule has 0 atom stereocenters. The minimum atomic E-state index is -0.394. The van der Waals surface area contributed by atoms with E-state index in [0.29, 0.717) is 28.0 Å². The Morgan fingerprint density at radius 1 is 1.20 bits per heavy atom. The van der Waals surface area contributed by atoms with Crippen molar-refractivity contribution in [3.05, 3.63) is 87.1 Å². The Morgan fingerprint density at radius 3 is 2.70 bits per heavy atom. The van der Waals surface area contributed by atoms with E-state index in [4.69, 9.17) is 33.0 Å². The second-order valence-electron chi connectivity index (χ2n) is 6.27. The molecular weight excluding hydrogens is 495 g/mol. The molecule has 2 heterocycles. The molecule has 1 amide bonds. The van der Waals surface area contributed by atoms with Gasteiger partial charge >= 0.3 is 0 Å². The zero-order valence-electron chi connectivity index (χ0n) is 15.2. The van der Waals surface area contributed by atoms with Crippen LogP contribution in [-0.4, -0.2) is 11.0 Å². The lowest BCUT2D eigenvalue weighted by molar-refractivity contribution is -0.113. The summed E-state index contributed by atoms with van der Waals surface area (Å²) in [6.45, 7) is 0.173. The third-order valence-electron chi connectivity index (χ3n) is 4.20. The third kappa shape index (κ3) is 4.40. The molecule has 1 saturated heterocycles. The van der Waals surface area contributed by atoms with Gasteiger partial charge < -0.3 is 14.5 Å². The topological polar surface area (TPSA) is 54.7 Å². The number of hydrogen-bond donors (Lipinski definition) is 1. The summed E-state index contributed by atoms with van der Waals surface area (Å²) in [6.07, 6.45) is 1.55. The van der Waals surface area contributed by atoms with Gasteiger partial charge in [0, 0.05) is 10.5 Å². The van der Waals surface area contributed by atoms with E-state index in [9.17, 15) is 9.18 Å². The number of furan rings is 1. The molecule has 3 aromatic rings. The maximum absolute atomic E-state index is 13.2. The lowest BCUT2D eigenvalue weighted by atomic mass is 10.2. The fourth-order valence-electron chi connectivity index (χ4n) is 2.79. The highest BCUT2D eigenvalue weighted by molar-refractivity contribution is 9.10. The van der Waals surface area contributed by atoms with Crippen molar-refractivity contribution < 1.29 is 18.3 Å². The number of benzene rings is 2. The molecular formula is C21H13BrClFN2O3S. The molecule has 2 aromatic carbocycles. The average Bonchev–Trinajstić information content (AvgIpc) is 3.26. The molecule has 1 aliphatic heterocycles. The molecule has 0 radical (unpaired) electrons. The predicted molar refractivity (Wildman–Crippen MR) is 120 cm³/mol. The molecule has 0 unspecified atom stereocenters. The summed E-state index contributed by atoms with van der Waals surface area (Å²) < 4.78 is 25.4. The summed E-state index contributed by atoms with van der Waals surface area (Å²) in [6, 6.07) is 14.3. The Labute approximate surface area is 190 Å². The minimum absolute atomic E-state index is 0.173. The third-order valence-corrected chi connectivity index (χ3v) is 5.27. The van der Waals surface area contributed by atoms with Crippen LogP contribution < -0.4 is 15.0 Å². The molecule has 5 nitrogen and oxygen atoms in total. The zero-order chi connectivity index (χ0) is 21.3. The van der Waals surface area contributed by atoms with E-state index in [-0.39, 0.29) is 23.3 Å². The van der Waals surface area contributed by atoms with Crippen LogP contribution >= 0.6 is 39.7 Å². The highest BCUT2D eigenvalue weighted by Crippen LogP contribution is 2.29. The monoisotopic (exact) mass is 506 g/mol. The Hall–Kier alpha value is -2.68. The van der Waals surface area contributed by atoms with Crippen molar-refractivity contribution >= 4 is 62.5 Å². The molecule has 30 heavy (non-hydrogen) atoms. The van der Waals surface area contributed by atoms with Crippen LogP contribution in [0, 0.1) is 5.82 Å². The molecule has 1 N–H and O–H groups in total. The second kappa shape index (κ2) is 8.59. The van der Waals surface area contributed by atoms with Crippen molar-refractivity contribution in [1.29, 1.82) is 0 Å². The normalized spacial score (nSPS) is 15.0. The Bertz CT molecular complexity index is 1160. The number of anilines is 1. The van der Waals surface area contributed by atoms with Gasteiger partial charge in [-0.3, -0.25) is 9.69 Å². The van der Waals surface area contributed by atoms with Crippen LogP contribution in [0.1, 0.15) is 11.5 Å². The van der Waals surface area contributed by atoms with Gasteiger partial charge in [0.25, 0.3) is 5.91 Å². The Kier molecular flexibility index (Phi) is 5.90. The van der Waals surface area contributed by atoms with Crippen molar-refractivity contribution in [3.8, 4) is 5.75 Å². The van der Waals surface area contributed by atoms with Crippen LogP contribution in [0.25, 0.3) is 6.08 Å². The largest absolute Gasteiger partial charge is 0.484 e. The highest BCUT2D eigenvalue weighted by Gasteiger charge is 2.32. The van der Waals surface area contributed by atoms with Crippen molar-refractivity contribution in [3.63, 3.8) is 0 Å². The molecule has 0 spiro atoms. The van der Waals surface area contributed by atoms with E-state index in [1.54, 1.807) is 30.3 Å². The number of thiocarbonyl (C=S) groups is 1. The fraction of sp³-hybridized carbons (Fsp3) is 0.0476. The maximum atomic E-state index is 13.2. The molecule has 0 bridgehead atoms. The van der Waals surface area contributed by atoms with Gasteiger partial charge in [0.05, 0.1) is 10.7 Å². The summed E-state index contributed by atoms with van der Waals surface area (Å²) >= 11 is 14.7. The SMILES string of the molecule is O=C1/C(=C\c2ccc(COc3ccc(Br)cc3Cl)o2)NC(=S)N1c1ccc(F)cc1. The van der Waals surface area contributed by atoms with E-state index in [2.05, 4.69) is 21.2 Å². The smallest absolute Gasteiger partial charge is 0.281 e. The molecule has 1 fully saturated rings. The average molecular weight is 508 g/mol. The van der Waals surface area contributed by atoms with Crippen LogP contribution in [0.5, 0.6) is 5.75 Å². The minimum Gasteiger partial charge on any atom is -0.484 e. The fourth-order valence-corrected chi connectivity index (χ4v) is 3.82. The molecule has 4 rings (SSSR count). The maximum Gasteiger partial charge on any atom is 0.281 e. The number of ether oxygens (including phenoxy) is 1. The highest BCUT2D eigenvalue weighted by atomic mass is 79.9. The number of carbonyl (C=O) groups excluding carboxylic acids is 1. The Balaban J connectivity index is 1.46. The molecule has 0 aliphatic carbocycles. The number of carbonyl (C=O) groups is 1. The number of nitrogens with one attached hydrogen (secondary N) is 1. The summed E-state index contributed by atoms with van der Waals surface area (Å²) in [4.78, 5) is 14.0. The second-order valence-corrected chi connectivity index (χ2v) is 7.98. The molecule has 152 valence electrons. The number of nitrogens with zero attached hydrogens (tertiary/aromatic N) is 1. The number of hydrogen-bond acceptors (Lipinski definition) is 4.